The molecular weight excluding hydrogens is 230 g/mol. The molecule has 0 aromatic heterocycles. The summed E-state index contributed by atoms with van der Waals surface area (Å²) in [6, 6.07) is 6.78. The molecule has 94 valence electrons. The van der Waals surface area contributed by atoms with Crippen molar-refractivity contribution in [3.63, 3.8) is 0 Å². The van der Waals surface area contributed by atoms with E-state index in [0.29, 0.717) is 22.6 Å². The molecule has 5 N–H and O–H groups in total. The maximum absolute atomic E-state index is 8.97. The fourth-order valence-corrected chi connectivity index (χ4v) is 1.23. The van der Waals surface area contributed by atoms with Gasteiger partial charge in [-0.05, 0) is 36.8 Å². The van der Waals surface area contributed by atoms with Crippen molar-refractivity contribution < 1.29 is 9.84 Å². The van der Waals surface area contributed by atoms with Crippen molar-refractivity contribution in [2.75, 3.05) is 0 Å². The third kappa shape index (κ3) is 3.85. The van der Waals surface area contributed by atoms with Gasteiger partial charge in [0, 0.05) is 5.70 Å². The Balaban J connectivity index is 2.95. The van der Waals surface area contributed by atoms with E-state index in [4.69, 9.17) is 26.6 Å². The SMILES string of the molecule is C/C(N)=C/C=C(\N)Oc1ccc(CO)cc1C#N. The van der Waals surface area contributed by atoms with E-state index in [9.17, 15) is 0 Å². The summed E-state index contributed by atoms with van der Waals surface area (Å²) in [5.41, 5.74) is 12.6. The summed E-state index contributed by atoms with van der Waals surface area (Å²) in [5.74, 6) is 0.472. The largest absolute Gasteiger partial charge is 0.440 e. The Morgan fingerprint density at radius 1 is 1.44 bits per heavy atom. The molecule has 0 saturated carbocycles. The summed E-state index contributed by atoms with van der Waals surface area (Å²) >= 11 is 0. The molecule has 1 aromatic carbocycles. The van der Waals surface area contributed by atoms with Crippen molar-refractivity contribution in [3.8, 4) is 11.8 Å². The van der Waals surface area contributed by atoms with Crippen LogP contribution in [0.5, 0.6) is 5.75 Å². The lowest BCUT2D eigenvalue weighted by Crippen LogP contribution is -2.07. The molecule has 0 saturated heterocycles. The van der Waals surface area contributed by atoms with Gasteiger partial charge in [0.25, 0.3) is 0 Å². The van der Waals surface area contributed by atoms with Gasteiger partial charge in [-0.2, -0.15) is 5.26 Å². The predicted octanol–water partition coefficient (Wildman–Crippen LogP) is 1.09. The molecule has 1 aromatic rings. The van der Waals surface area contributed by atoms with Crippen molar-refractivity contribution in [3.05, 3.63) is 53.1 Å². The standard InChI is InChI=1S/C13H15N3O2/c1-9(15)2-5-13(16)18-12-4-3-10(8-17)6-11(12)7-14/h2-6,17H,8,15-16H2,1H3/b9-2-,13-5+. The van der Waals surface area contributed by atoms with Gasteiger partial charge in [-0.15, -0.1) is 0 Å². The van der Waals surface area contributed by atoms with Crippen LogP contribution in [0.25, 0.3) is 0 Å². The average Bonchev–Trinajstić information content (AvgIpc) is 2.36. The highest BCUT2D eigenvalue weighted by Gasteiger charge is 2.05. The number of nitriles is 1. The van der Waals surface area contributed by atoms with Crippen LogP contribution in [0.1, 0.15) is 18.1 Å². The number of aliphatic hydroxyl groups is 1. The zero-order valence-corrected chi connectivity index (χ0v) is 10.1. The Morgan fingerprint density at radius 3 is 2.72 bits per heavy atom. The van der Waals surface area contributed by atoms with E-state index >= 15 is 0 Å². The van der Waals surface area contributed by atoms with Gasteiger partial charge >= 0.3 is 0 Å². The van der Waals surface area contributed by atoms with E-state index in [1.54, 1.807) is 31.2 Å². The maximum Gasteiger partial charge on any atom is 0.190 e. The molecule has 0 radical (unpaired) electrons. The van der Waals surface area contributed by atoms with Gasteiger partial charge in [0.05, 0.1) is 12.2 Å². The lowest BCUT2D eigenvalue weighted by Gasteiger charge is -2.07. The Hall–Kier alpha value is -2.45. The van der Waals surface area contributed by atoms with E-state index in [2.05, 4.69) is 0 Å². The highest BCUT2D eigenvalue weighted by Crippen LogP contribution is 2.20. The highest BCUT2D eigenvalue weighted by atomic mass is 16.5. The molecule has 18 heavy (non-hydrogen) atoms. The molecule has 5 nitrogen and oxygen atoms in total. The summed E-state index contributed by atoms with van der Waals surface area (Å²) in [6.45, 7) is 1.59. The third-order valence-electron chi connectivity index (χ3n) is 2.09. The monoisotopic (exact) mass is 245 g/mol. The van der Waals surface area contributed by atoms with E-state index < -0.39 is 0 Å². The number of ether oxygens (including phenoxy) is 1. The number of nitrogens with two attached hydrogens (primary N) is 2. The van der Waals surface area contributed by atoms with Gasteiger partial charge < -0.3 is 21.3 Å². The van der Waals surface area contributed by atoms with Crippen molar-refractivity contribution >= 4 is 0 Å². The van der Waals surface area contributed by atoms with Crippen LogP contribution in [-0.2, 0) is 6.61 Å². The molecule has 0 spiro atoms. The minimum absolute atomic E-state index is 0.130. The normalized spacial score (nSPS) is 12.1. The Morgan fingerprint density at radius 2 is 2.17 bits per heavy atom. The average molecular weight is 245 g/mol. The molecule has 5 heteroatoms. The lowest BCUT2D eigenvalue weighted by atomic mass is 10.1. The number of hydrogen-bond acceptors (Lipinski definition) is 5. The van der Waals surface area contributed by atoms with Crippen molar-refractivity contribution in [1.82, 2.24) is 0 Å². The molecule has 0 bridgehead atoms. The zero-order valence-electron chi connectivity index (χ0n) is 10.1. The molecule has 0 aliphatic rings. The third-order valence-corrected chi connectivity index (χ3v) is 2.09. The molecule has 0 atom stereocenters. The quantitative estimate of drug-likeness (QED) is 0.544. The second kappa shape index (κ2) is 6.33. The summed E-state index contributed by atoms with van der Waals surface area (Å²) in [5, 5.41) is 17.9. The van der Waals surface area contributed by atoms with Crippen LogP contribution >= 0.6 is 0 Å². The molecule has 0 heterocycles. The molecule has 0 aliphatic heterocycles. The smallest absolute Gasteiger partial charge is 0.190 e. The number of nitrogens with zero attached hydrogens (tertiary/aromatic N) is 1. The second-order valence-electron chi connectivity index (χ2n) is 3.68. The summed E-state index contributed by atoms with van der Waals surface area (Å²) < 4.78 is 5.32. The number of aliphatic hydroxyl groups excluding tert-OH is 1. The summed E-state index contributed by atoms with van der Waals surface area (Å²) in [4.78, 5) is 0. The lowest BCUT2D eigenvalue weighted by molar-refractivity contribution is 0.281. The molecule has 0 unspecified atom stereocenters. The first-order chi connectivity index (χ1) is 8.56. The van der Waals surface area contributed by atoms with Crippen LogP contribution in [-0.4, -0.2) is 5.11 Å². The van der Waals surface area contributed by atoms with E-state index in [-0.39, 0.29) is 12.5 Å². The molecule has 1 rings (SSSR count). The van der Waals surface area contributed by atoms with Gasteiger partial charge in [-0.3, -0.25) is 0 Å². The van der Waals surface area contributed by atoms with E-state index in [0.717, 1.165) is 0 Å². The maximum atomic E-state index is 8.97. The highest BCUT2D eigenvalue weighted by molar-refractivity contribution is 5.46. The Kier molecular flexibility index (Phi) is 4.78. The van der Waals surface area contributed by atoms with Gasteiger partial charge in [-0.25, -0.2) is 0 Å². The summed E-state index contributed by atoms with van der Waals surface area (Å²) in [7, 11) is 0. The fraction of sp³-hybridized carbons (Fsp3) is 0.154. The van der Waals surface area contributed by atoms with Crippen molar-refractivity contribution in [2.24, 2.45) is 11.5 Å². The fourth-order valence-electron chi connectivity index (χ4n) is 1.23. The number of allylic oxidation sites excluding steroid dienone is 3. The molecular formula is C13H15N3O2. The minimum atomic E-state index is -0.130. The van der Waals surface area contributed by atoms with Crippen LogP contribution in [0.2, 0.25) is 0 Å². The summed E-state index contributed by atoms with van der Waals surface area (Å²) in [6.07, 6.45) is 3.11. The number of rotatable bonds is 4. The number of benzene rings is 1. The molecule has 0 amide bonds. The predicted molar refractivity (Wildman–Crippen MR) is 67.9 cm³/mol. The van der Waals surface area contributed by atoms with Crippen molar-refractivity contribution in [1.29, 1.82) is 5.26 Å². The van der Waals surface area contributed by atoms with Gasteiger partial charge in [0.1, 0.15) is 11.8 Å². The van der Waals surface area contributed by atoms with Crippen LogP contribution in [0.15, 0.2) is 41.9 Å². The first-order valence-corrected chi connectivity index (χ1v) is 5.28. The Bertz CT molecular complexity index is 524. The first kappa shape index (κ1) is 13.6. The first-order valence-electron chi connectivity index (χ1n) is 5.28. The van der Waals surface area contributed by atoms with Gasteiger partial charge in [0.2, 0.25) is 0 Å². The van der Waals surface area contributed by atoms with Crippen LogP contribution in [0.3, 0.4) is 0 Å². The molecule has 0 aliphatic carbocycles. The Labute approximate surface area is 106 Å². The zero-order chi connectivity index (χ0) is 13.5. The second-order valence-corrected chi connectivity index (χ2v) is 3.68. The van der Waals surface area contributed by atoms with E-state index in [1.165, 1.54) is 6.08 Å². The van der Waals surface area contributed by atoms with Crippen LogP contribution in [0.4, 0.5) is 0 Å². The van der Waals surface area contributed by atoms with E-state index in [1.807, 2.05) is 6.07 Å². The van der Waals surface area contributed by atoms with Gasteiger partial charge in [0.15, 0.2) is 5.88 Å². The number of hydrogen-bond donors (Lipinski definition) is 3. The van der Waals surface area contributed by atoms with Crippen LogP contribution < -0.4 is 16.2 Å². The minimum Gasteiger partial charge on any atom is -0.440 e. The van der Waals surface area contributed by atoms with Crippen LogP contribution in [0, 0.1) is 11.3 Å². The van der Waals surface area contributed by atoms with Gasteiger partial charge in [-0.1, -0.05) is 6.07 Å². The molecule has 0 fully saturated rings. The topological polar surface area (TPSA) is 105 Å². The van der Waals surface area contributed by atoms with Crippen molar-refractivity contribution in [2.45, 2.75) is 13.5 Å².